The minimum absolute atomic E-state index is 0.713. The molecule has 2 rings (SSSR count). The van der Waals surface area contributed by atoms with Crippen molar-refractivity contribution in [1.29, 1.82) is 0 Å². The number of nitrogens with zero attached hydrogens (tertiary/aromatic N) is 2. The third-order valence-electron chi connectivity index (χ3n) is 3.24. The monoisotopic (exact) mass is 193 g/mol. The molecule has 1 aromatic rings. The predicted molar refractivity (Wildman–Crippen MR) is 57.1 cm³/mol. The highest BCUT2D eigenvalue weighted by atomic mass is 15.3. The lowest BCUT2D eigenvalue weighted by molar-refractivity contribution is 0.408. The van der Waals surface area contributed by atoms with E-state index in [-0.39, 0.29) is 0 Å². The third-order valence-corrected chi connectivity index (χ3v) is 3.24. The van der Waals surface area contributed by atoms with Crippen LogP contribution in [0, 0.1) is 5.92 Å². The number of rotatable bonds is 3. The van der Waals surface area contributed by atoms with E-state index in [2.05, 4.69) is 23.4 Å². The summed E-state index contributed by atoms with van der Waals surface area (Å²) in [6.45, 7) is 3.52. The number of hydrogen-bond donors (Lipinski definition) is 1. The highest BCUT2D eigenvalue weighted by molar-refractivity contribution is 5.02. The summed E-state index contributed by atoms with van der Waals surface area (Å²) in [5.74, 6) is 0.716. The van der Waals surface area contributed by atoms with Gasteiger partial charge in [-0.2, -0.15) is 5.10 Å². The topological polar surface area (TPSA) is 29.9 Å². The van der Waals surface area contributed by atoms with E-state index in [0.717, 1.165) is 6.42 Å². The second-order valence-electron chi connectivity index (χ2n) is 4.33. The molecule has 0 aliphatic carbocycles. The average molecular weight is 193 g/mol. The first-order chi connectivity index (χ1) is 6.77. The highest BCUT2D eigenvalue weighted by Crippen LogP contribution is 2.18. The molecule has 1 N–H and O–H groups in total. The van der Waals surface area contributed by atoms with Crippen molar-refractivity contribution < 1.29 is 0 Å². The van der Waals surface area contributed by atoms with Crippen molar-refractivity contribution in [3.63, 3.8) is 0 Å². The average Bonchev–Trinajstić information content (AvgIpc) is 2.77. The van der Waals surface area contributed by atoms with Gasteiger partial charge in [-0.1, -0.05) is 6.92 Å². The van der Waals surface area contributed by atoms with E-state index in [4.69, 9.17) is 0 Å². The molecule has 78 valence electrons. The summed E-state index contributed by atoms with van der Waals surface area (Å²) in [6.07, 6.45) is 5.68. The minimum Gasteiger partial charge on any atom is -0.314 e. The minimum atomic E-state index is 0.713. The number of nitrogens with one attached hydrogen (secondary N) is 1. The lowest BCUT2D eigenvalue weighted by atomic mass is 9.95. The van der Waals surface area contributed by atoms with Crippen LogP contribution in [0.15, 0.2) is 12.3 Å². The Morgan fingerprint density at radius 2 is 2.57 bits per heavy atom. The molecule has 0 aromatic carbocycles. The molecule has 14 heavy (non-hydrogen) atoms. The zero-order valence-electron chi connectivity index (χ0n) is 9.03. The Kier molecular flexibility index (Phi) is 2.87. The van der Waals surface area contributed by atoms with Crippen LogP contribution in [0.3, 0.4) is 0 Å². The second-order valence-corrected chi connectivity index (χ2v) is 4.33. The third kappa shape index (κ3) is 1.98. The molecule has 1 saturated heterocycles. The fourth-order valence-electron chi connectivity index (χ4n) is 2.27. The molecule has 1 aromatic heterocycles. The van der Waals surface area contributed by atoms with Crippen LogP contribution < -0.4 is 5.32 Å². The summed E-state index contributed by atoms with van der Waals surface area (Å²) in [5.41, 5.74) is 1.34. The van der Waals surface area contributed by atoms with E-state index < -0.39 is 0 Å². The maximum atomic E-state index is 4.19. The van der Waals surface area contributed by atoms with Crippen LogP contribution in [0.25, 0.3) is 0 Å². The van der Waals surface area contributed by atoms with Crippen molar-refractivity contribution in [1.82, 2.24) is 15.1 Å². The molecular formula is C11H19N3. The molecule has 2 heterocycles. The lowest BCUT2D eigenvalue weighted by Gasteiger charge is -2.19. The molecule has 1 fully saturated rings. The summed E-state index contributed by atoms with van der Waals surface area (Å²) < 4.78 is 1.98. The van der Waals surface area contributed by atoms with Crippen LogP contribution in [-0.4, -0.2) is 22.4 Å². The molecule has 0 saturated carbocycles. The smallest absolute Gasteiger partial charge is 0.0492 e. The SMILES string of the molecule is CC(Cc1ccnn1C)C1CCCN1. The molecule has 2 atom stereocenters. The molecule has 3 heteroatoms. The molecule has 1 aliphatic rings. The van der Waals surface area contributed by atoms with Gasteiger partial charge >= 0.3 is 0 Å². The van der Waals surface area contributed by atoms with Crippen molar-refractivity contribution in [3.8, 4) is 0 Å². The van der Waals surface area contributed by atoms with Gasteiger partial charge in [0.1, 0.15) is 0 Å². The van der Waals surface area contributed by atoms with Gasteiger partial charge in [0.05, 0.1) is 0 Å². The van der Waals surface area contributed by atoms with Crippen molar-refractivity contribution in [2.24, 2.45) is 13.0 Å². The predicted octanol–water partition coefficient (Wildman–Crippen LogP) is 1.35. The molecule has 1 aliphatic heterocycles. The van der Waals surface area contributed by atoms with E-state index in [0.29, 0.717) is 12.0 Å². The first kappa shape index (κ1) is 9.71. The zero-order chi connectivity index (χ0) is 9.97. The second kappa shape index (κ2) is 4.13. The van der Waals surface area contributed by atoms with Crippen LogP contribution in [0.4, 0.5) is 0 Å². The standard InChI is InChI=1S/C11H19N3/c1-9(11-4-3-6-12-11)8-10-5-7-13-14(10)2/h5,7,9,11-12H,3-4,6,8H2,1-2H3. The Morgan fingerprint density at radius 3 is 3.14 bits per heavy atom. The summed E-state index contributed by atoms with van der Waals surface area (Å²) in [4.78, 5) is 0. The molecule has 2 unspecified atom stereocenters. The zero-order valence-corrected chi connectivity index (χ0v) is 9.03. The first-order valence-electron chi connectivity index (χ1n) is 5.47. The van der Waals surface area contributed by atoms with E-state index in [1.165, 1.54) is 25.1 Å². The fraction of sp³-hybridized carbons (Fsp3) is 0.727. The van der Waals surface area contributed by atoms with Gasteiger partial charge in [0.2, 0.25) is 0 Å². The number of aryl methyl sites for hydroxylation is 1. The van der Waals surface area contributed by atoms with E-state index >= 15 is 0 Å². The number of hydrogen-bond acceptors (Lipinski definition) is 2. The normalized spacial score (nSPS) is 24.0. The molecule has 0 amide bonds. The van der Waals surface area contributed by atoms with Gasteiger partial charge in [-0.3, -0.25) is 4.68 Å². The molecule has 0 spiro atoms. The van der Waals surface area contributed by atoms with Crippen LogP contribution in [0.5, 0.6) is 0 Å². The number of aromatic nitrogens is 2. The van der Waals surface area contributed by atoms with Crippen LogP contribution in [-0.2, 0) is 13.5 Å². The first-order valence-corrected chi connectivity index (χ1v) is 5.47. The Hall–Kier alpha value is -0.830. The van der Waals surface area contributed by atoms with Gasteiger partial charge in [-0.15, -0.1) is 0 Å². The quantitative estimate of drug-likeness (QED) is 0.785. The summed E-state index contributed by atoms with van der Waals surface area (Å²) in [5, 5.41) is 7.75. The van der Waals surface area contributed by atoms with Gasteiger partial charge in [0.25, 0.3) is 0 Å². The van der Waals surface area contributed by atoms with E-state index in [1.54, 1.807) is 0 Å². The van der Waals surface area contributed by atoms with Crippen molar-refractivity contribution >= 4 is 0 Å². The largest absolute Gasteiger partial charge is 0.314 e. The maximum absolute atomic E-state index is 4.19. The van der Waals surface area contributed by atoms with E-state index in [1.807, 2.05) is 17.9 Å². The van der Waals surface area contributed by atoms with Crippen LogP contribution in [0.2, 0.25) is 0 Å². The summed E-state index contributed by atoms with van der Waals surface area (Å²) >= 11 is 0. The Balaban J connectivity index is 1.93. The van der Waals surface area contributed by atoms with Crippen LogP contribution in [0.1, 0.15) is 25.5 Å². The fourth-order valence-corrected chi connectivity index (χ4v) is 2.27. The van der Waals surface area contributed by atoms with Crippen molar-refractivity contribution in [3.05, 3.63) is 18.0 Å². The van der Waals surface area contributed by atoms with Crippen molar-refractivity contribution in [2.45, 2.75) is 32.2 Å². The summed E-state index contributed by atoms with van der Waals surface area (Å²) in [6, 6.07) is 2.83. The Bertz CT molecular complexity index is 286. The van der Waals surface area contributed by atoms with E-state index in [9.17, 15) is 0 Å². The van der Waals surface area contributed by atoms with Gasteiger partial charge in [-0.25, -0.2) is 0 Å². The molecule has 0 radical (unpaired) electrons. The van der Waals surface area contributed by atoms with Gasteiger partial charge in [-0.05, 0) is 37.8 Å². The van der Waals surface area contributed by atoms with Gasteiger partial charge in [0.15, 0.2) is 0 Å². The van der Waals surface area contributed by atoms with Gasteiger partial charge in [0, 0.05) is 25.0 Å². The Morgan fingerprint density at radius 1 is 1.71 bits per heavy atom. The van der Waals surface area contributed by atoms with Gasteiger partial charge < -0.3 is 5.32 Å². The Labute approximate surface area is 85.5 Å². The molecule has 3 nitrogen and oxygen atoms in total. The van der Waals surface area contributed by atoms with Crippen molar-refractivity contribution in [2.75, 3.05) is 6.54 Å². The van der Waals surface area contributed by atoms with Crippen LogP contribution >= 0.6 is 0 Å². The highest BCUT2D eigenvalue weighted by Gasteiger charge is 2.21. The molecular weight excluding hydrogens is 174 g/mol. The lowest BCUT2D eigenvalue weighted by Crippen LogP contribution is -2.30. The molecule has 0 bridgehead atoms. The summed E-state index contributed by atoms with van der Waals surface area (Å²) in [7, 11) is 2.02. The maximum Gasteiger partial charge on any atom is 0.0492 e.